The summed E-state index contributed by atoms with van der Waals surface area (Å²) in [6.45, 7) is 3.81. The number of nitrogens with zero attached hydrogens (tertiary/aromatic N) is 2. The third-order valence-electron chi connectivity index (χ3n) is 2.79. The molecule has 1 rings (SSSR count). The first-order valence-electron chi connectivity index (χ1n) is 5.13. The van der Waals surface area contributed by atoms with Gasteiger partial charge in [-0.05, 0) is 13.8 Å². The molecule has 1 aliphatic heterocycles. The summed E-state index contributed by atoms with van der Waals surface area (Å²) in [6.07, 6.45) is 0. The van der Waals surface area contributed by atoms with Gasteiger partial charge in [-0.1, -0.05) is 12.2 Å². The van der Waals surface area contributed by atoms with Crippen LogP contribution in [0.3, 0.4) is 0 Å². The molecule has 0 saturated carbocycles. The summed E-state index contributed by atoms with van der Waals surface area (Å²) < 4.78 is 25.3. The molecule has 0 unspecified atom stereocenters. The maximum absolute atomic E-state index is 12.1. The van der Waals surface area contributed by atoms with Crippen LogP contribution in [-0.2, 0) is 14.8 Å². The van der Waals surface area contributed by atoms with Crippen LogP contribution in [-0.4, -0.2) is 59.9 Å². The quantitative estimate of drug-likeness (QED) is 0.681. The molecule has 0 radical (unpaired) electrons. The van der Waals surface area contributed by atoms with Crippen molar-refractivity contribution in [3.8, 4) is 0 Å². The van der Waals surface area contributed by atoms with Crippen LogP contribution in [0.2, 0.25) is 0 Å². The molecule has 0 spiro atoms. The molecule has 1 amide bonds. The molecular weight excluding hydrogens is 262 g/mol. The number of amides is 1. The van der Waals surface area contributed by atoms with E-state index in [1.807, 2.05) is 0 Å². The van der Waals surface area contributed by atoms with E-state index in [1.165, 1.54) is 9.21 Å². The van der Waals surface area contributed by atoms with Crippen LogP contribution in [0.5, 0.6) is 0 Å². The highest BCUT2D eigenvalue weighted by Gasteiger charge is 2.46. The number of sulfonamides is 1. The zero-order valence-electron chi connectivity index (χ0n) is 10.1. The van der Waals surface area contributed by atoms with Crippen molar-refractivity contribution >= 4 is 33.1 Å². The van der Waals surface area contributed by atoms with Gasteiger partial charge >= 0.3 is 0 Å². The van der Waals surface area contributed by atoms with Gasteiger partial charge in [0, 0.05) is 20.1 Å². The van der Waals surface area contributed by atoms with Gasteiger partial charge in [0.15, 0.2) is 0 Å². The van der Waals surface area contributed by atoms with Crippen molar-refractivity contribution < 1.29 is 13.2 Å². The fraction of sp³-hybridized carbons (Fsp3) is 0.778. The lowest BCUT2D eigenvalue weighted by molar-refractivity contribution is -0.142. The van der Waals surface area contributed by atoms with E-state index >= 15 is 0 Å². The summed E-state index contributed by atoms with van der Waals surface area (Å²) in [5, 5.41) is 0. The third-order valence-corrected chi connectivity index (χ3v) is 5.11. The summed E-state index contributed by atoms with van der Waals surface area (Å²) in [4.78, 5) is 13.4. The largest absolute Gasteiger partial charge is 0.392 e. The first-order chi connectivity index (χ1) is 7.59. The summed E-state index contributed by atoms with van der Waals surface area (Å²) in [6, 6.07) is 0. The molecule has 2 N–H and O–H groups in total. The normalized spacial score (nSPS) is 21.6. The van der Waals surface area contributed by atoms with Gasteiger partial charge in [0.25, 0.3) is 0 Å². The van der Waals surface area contributed by atoms with Crippen molar-refractivity contribution in [1.29, 1.82) is 0 Å². The van der Waals surface area contributed by atoms with E-state index < -0.39 is 21.3 Å². The van der Waals surface area contributed by atoms with Gasteiger partial charge in [0.1, 0.15) is 11.3 Å². The van der Waals surface area contributed by atoms with Gasteiger partial charge in [-0.25, -0.2) is 8.42 Å². The number of carbonyl (C=O) groups excluding carboxylic acids is 1. The molecule has 8 heteroatoms. The molecule has 98 valence electrons. The van der Waals surface area contributed by atoms with Crippen LogP contribution in [0.1, 0.15) is 13.8 Å². The first kappa shape index (κ1) is 14.3. The highest BCUT2D eigenvalue weighted by molar-refractivity contribution is 7.92. The van der Waals surface area contributed by atoms with Crippen LogP contribution in [0.4, 0.5) is 0 Å². The number of likely N-dealkylation sites (N-methyl/N-ethyl adjacent to an activating group) is 1. The Morgan fingerprint density at radius 2 is 2.00 bits per heavy atom. The van der Waals surface area contributed by atoms with Gasteiger partial charge in [0.2, 0.25) is 15.9 Å². The van der Waals surface area contributed by atoms with Crippen molar-refractivity contribution in [3.63, 3.8) is 0 Å². The molecular formula is C9H17N3O3S2. The van der Waals surface area contributed by atoms with Crippen molar-refractivity contribution in [3.05, 3.63) is 0 Å². The molecule has 1 aliphatic rings. The zero-order valence-corrected chi connectivity index (χ0v) is 11.8. The minimum atomic E-state index is -3.63. The molecule has 0 bridgehead atoms. The molecule has 0 aromatic carbocycles. The van der Waals surface area contributed by atoms with Gasteiger partial charge in [-0.3, -0.25) is 4.79 Å². The fourth-order valence-corrected chi connectivity index (χ4v) is 4.04. The number of carbonyl (C=O) groups is 1. The standard InChI is InChI=1S/C9H17N3O3S2/c1-9(2)8(13)11(3)4-5-12(9)17(14,15)6-7(10)16/h4-6H2,1-3H3,(H2,10,16). The Morgan fingerprint density at radius 1 is 1.47 bits per heavy atom. The van der Waals surface area contributed by atoms with E-state index in [9.17, 15) is 13.2 Å². The number of piperazine rings is 1. The van der Waals surface area contributed by atoms with E-state index in [2.05, 4.69) is 12.2 Å². The fourth-order valence-electron chi connectivity index (χ4n) is 1.94. The molecule has 17 heavy (non-hydrogen) atoms. The Labute approximate surface area is 107 Å². The van der Waals surface area contributed by atoms with E-state index in [0.717, 1.165) is 0 Å². The number of nitrogens with two attached hydrogens (primary N) is 1. The molecule has 0 atom stereocenters. The second-order valence-electron chi connectivity index (χ2n) is 4.58. The van der Waals surface area contributed by atoms with Crippen molar-refractivity contribution in [1.82, 2.24) is 9.21 Å². The number of hydrogen-bond donors (Lipinski definition) is 1. The second kappa shape index (κ2) is 4.51. The van der Waals surface area contributed by atoms with E-state index in [4.69, 9.17) is 5.73 Å². The third kappa shape index (κ3) is 2.75. The Hall–Kier alpha value is -0.730. The Bertz CT molecular complexity index is 444. The van der Waals surface area contributed by atoms with Crippen molar-refractivity contribution in [2.75, 3.05) is 25.9 Å². The zero-order chi connectivity index (χ0) is 13.4. The topological polar surface area (TPSA) is 83.7 Å². The van der Waals surface area contributed by atoms with Crippen LogP contribution in [0.25, 0.3) is 0 Å². The molecule has 0 aromatic rings. The molecule has 6 nitrogen and oxygen atoms in total. The van der Waals surface area contributed by atoms with Crippen LogP contribution in [0, 0.1) is 0 Å². The van der Waals surface area contributed by atoms with Gasteiger partial charge in [0.05, 0.1) is 4.99 Å². The summed E-state index contributed by atoms with van der Waals surface area (Å²) in [7, 11) is -1.97. The Balaban J connectivity index is 3.07. The first-order valence-corrected chi connectivity index (χ1v) is 7.15. The minimum absolute atomic E-state index is 0.0906. The monoisotopic (exact) mass is 279 g/mol. The van der Waals surface area contributed by atoms with Crippen LogP contribution in [0.15, 0.2) is 0 Å². The van der Waals surface area contributed by atoms with Crippen LogP contribution < -0.4 is 5.73 Å². The van der Waals surface area contributed by atoms with Crippen LogP contribution >= 0.6 is 12.2 Å². The number of hydrogen-bond acceptors (Lipinski definition) is 4. The average molecular weight is 279 g/mol. The molecule has 1 saturated heterocycles. The predicted molar refractivity (Wildman–Crippen MR) is 69.0 cm³/mol. The Morgan fingerprint density at radius 3 is 2.47 bits per heavy atom. The van der Waals surface area contributed by atoms with E-state index in [1.54, 1.807) is 20.9 Å². The summed E-state index contributed by atoms with van der Waals surface area (Å²) in [5.74, 6) is -0.627. The molecule has 1 heterocycles. The molecule has 0 aliphatic carbocycles. The van der Waals surface area contributed by atoms with Gasteiger partial charge in [-0.15, -0.1) is 0 Å². The van der Waals surface area contributed by atoms with E-state index in [-0.39, 0.29) is 17.4 Å². The predicted octanol–water partition coefficient (Wildman–Crippen LogP) is -0.845. The Kier molecular flexibility index (Phi) is 3.80. The van der Waals surface area contributed by atoms with Crippen molar-refractivity contribution in [2.45, 2.75) is 19.4 Å². The summed E-state index contributed by atoms with van der Waals surface area (Å²) >= 11 is 4.62. The van der Waals surface area contributed by atoms with Gasteiger partial charge in [-0.2, -0.15) is 4.31 Å². The highest BCUT2D eigenvalue weighted by Crippen LogP contribution is 2.25. The lowest BCUT2D eigenvalue weighted by Crippen LogP contribution is -2.64. The minimum Gasteiger partial charge on any atom is -0.392 e. The molecule has 0 aromatic heterocycles. The SMILES string of the molecule is CN1CCN(S(=O)(=O)CC(N)=S)C(C)(C)C1=O. The highest BCUT2D eigenvalue weighted by atomic mass is 32.2. The summed E-state index contributed by atoms with van der Waals surface area (Å²) in [5.41, 5.74) is 4.18. The maximum Gasteiger partial charge on any atom is 0.243 e. The lowest BCUT2D eigenvalue weighted by Gasteiger charge is -2.43. The lowest BCUT2D eigenvalue weighted by atomic mass is 10.0. The maximum atomic E-state index is 12.1. The second-order valence-corrected chi connectivity index (χ2v) is 7.00. The molecule has 1 fully saturated rings. The number of thiocarbonyl (C=S) groups is 1. The van der Waals surface area contributed by atoms with Crippen molar-refractivity contribution in [2.24, 2.45) is 5.73 Å². The average Bonchev–Trinajstić information content (AvgIpc) is 2.11. The smallest absolute Gasteiger partial charge is 0.243 e. The number of rotatable bonds is 3. The van der Waals surface area contributed by atoms with Gasteiger partial charge < -0.3 is 10.6 Å². The van der Waals surface area contributed by atoms with E-state index in [0.29, 0.717) is 6.54 Å².